The lowest BCUT2D eigenvalue weighted by atomic mass is 9.96. The summed E-state index contributed by atoms with van der Waals surface area (Å²) >= 11 is 0. The highest BCUT2D eigenvalue weighted by molar-refractivity contribution is 5.90. The van der Waals surface area contributed by atoms with E-state index in [1.54, 1.807) is 6.07 Å². The van der Waals surface area contributed by atoms with Gasteiger partial charge in [-0.1, -0.05) is 31.1 Å². The van der Waals surface area contributed by atoms with Crippen LogP contribution >= 0.6 is 0 Å². The minimum atomic E-state index is -0.900. The van der Waals surface area contributed by atoms with Crippen molar-refractivity contribution in [3.05, 3.63) is 46.3 Å². The number of esters is 1. The van der Waals surface area contributed by atoms with E-state index in [9.17, 15) is 19.2 Å². The minimum absolute atomic E-state index is 0.0565. The predicted octanol–water partition coefficient (Wildman–Crippen LogP) is 4.03. The lowest BCUT2D eigenvalue weighted by Gasteiger charge is -2.31. The van der Waals surface area contributed by atoms with E-state index in [1.807, 2.05) is 31.2 Å². The standard InChI is InChI=1S/C33H42N4O7/c1-20-14-15-24-25(17-20)34-32-36(29(24)38)16-7-3-4-9-21-12-8-13-27(21)44-33(41)35-28(22-10-5-6-11-22)30(39)37-19-23(43-32)18-26(37)31(40)42-2/h3,7,14-15,17,21-23,26-28H,4-6,8-13,16,18-19H2,1-2H3,(H,35,41)/b7-3+/t21-,23-,26+,27-,28+/m1/s1. The Morgan fingerprint density at radius 1 is 1.00 bits per heavy atom. The van der Waals surface area contributed by atoms with Crippen LogP contribution in [0.25, 0.3) is 10.9 Å². The fraction of sp³-hybridized carbons (Fsp3) is 0.606. The van der Waals surface area contributed by atoms with Crippen molar-refractivity contribution in [2.45, 2.75) is 102 Å². The van der Waals surface area contributed by atoms with Gasteiger partial charge in [-0.3, -0.25) is 14.2 Å². The zero-order valence-electron chi connectivity index (χ0n) is 25.5. The summed E-state index contributed by atoms with van der Waals surface area (Å²) in [5, 5.41) is 3.41. The highest BCUT2D eigenvalue weighted by Crippen LogP contribution is 2.34. The molecule has 11 nitrogen and oxygen atoms in total. The molecule has 0 unspecified atom stereocenters. The van der Waals surface area contributed by atoms with Crippen molar-refractivity contribution in [1.82, 2.24) is 19.8 Å². The van der Waals surface area contributed by atoms with E-state index in [0.717, 1.165) is 63.4 Å². The van der Waals surface area contributed by atoms with Crippen LogP contribution in [-0.2, 0) is 25.6 Å². The van der Waals surface area contributed by atoms with Crippen molar-refractivity contribution in [3.63, 3.8) is 0 Å². The van der Waals surface area contributed by atoms with Gasteiger partial charge in [0, 0.05) is 13.0 Å². The number of benzene rings is 1. The van der Waals surface area contributed by atoms with Crippen molar-refractivity contribution >= 4 is 28.9 Å². The number of aryl methyl sites for hydroxylation is 1. The number of nitrogens with one attached hydrogen (secondary N) is 1. The van der Waals surface area contributed by atoms with E-state index in [2.05, 4.69) is 5.32 Å². The summed E-state index contributed by atoms with van der Waals surface area (Å²) in [4.78, 5) is 60.3. The van der Waals surface area contributed by atoms with Gasteiger partial charge < -0.3 is 24.4 Å². The van der Waals surface area contributed by atoms with Gasteiger partial charge in [0.15, 0.2) is 0 Å². The number of carbonyl (C=O) groups is 3. The maximum atomic E-state index is 14.2. The van der Waals surface area contributed by atoms with Crippen molar-refractivity contribution < 1.29 is 28.6 Å². The zero-order chi connectivity index (χ0) is 30.8. The number of methoxy groups -OCH3 is 1. The number of hydrogen-bond acceptors (Lipinski definition) is 8. The van der Waals surface area contributed by atoms with Crippen LogP contribution in [0.1, 0.15) is 69.8 Å². The molecule has 3 heterocycles. The molecule has 4 aliphatic rings. The molecule has 0 spiro atoms. The third-order valence-corrected chi connectivity index (χ3v) is 9.78. The smallest absolute Gasteiger partial charge is 0.408 e. The topological polar surface area (TPSA) is 129 Å². The highest BCUT2D eigenvalue weighted by atomic mass is 16.6. The van der Waals surface area contributed by atoms with Gasteiger partial charge in [0.05, 0.1) is 24.6 Å². The molecule has 2 amide bonds. The van der Waals surface area contributed by atoms with E-state index >= 15 is 0 Å². The Bertz CT molecular complexity index is 1500. The first-order chi connectivity index (χ1) is 21.3. The van der Waals surface area contributed by atoms with Crippen molar-refractivity contribution in [3.8, 4) is 6.01 Å². The summed E-state index contributed by atoms with van der Waals surface area (Å²) in [6.45, 7) is 2.28. The molecule has 0 radical (unpaired) electrons. The number of ether oxygens (including phenoxy) is 3. The van der Waals surface area contributed by atoms with Crippen molar-refractivity contribution in [1.29, 1.82) is 0 Å². The van der Waals surface area contributed by atoms with Crippen LogP contribution in [0.5, 0.6) is 6.01 Å². The molecule has 236 valence electrons. The second-order valence-corrected chi connectivity index (χ2v) is 12.7. The average molecular weight is 607 g/mol. The molecule has 5 atom stereocenters. The quantitative estimate of drug-likeness (QED) is 0.401. The van der Waals surface area contributed by atoms with Gasteiger partial charge in [0.1, 0.15) is 24.3 Å². The number of carbonyl (C=O) groups excluding carboxylic acids is 3. The SMILES string of the molecule is COC(=O)[C@@H]1C[C@@H]2CN1C(=O)[C@H](C1CCCC1)NC(=O)O[C@@H]1CCC[C@H]1CC/C=C/Cn1c(nc3cc(C)ccc3c1=O)O2. The number of hydrogen-bond donors (Lipinski definition) is 1. The van der Waals surface area contributed by atoms with Gasteiger partial charge >= 0.3 is 12.1 Å². The summed E-state index contributed by atoms with van der Waals surface area (Å²) in [7, 11) is 1.29. The Kier molecular flexibility index (Phi) is 8.91. The third kappa shape index (κ3) is 6.19. The van der Waals surface area contributed by atoms with E-state index in [1.165, 1.54) is 16.6 Å². The lowest BCUT2D eigenvalue weighted by molar-refractivity contribution is -0.152. The molecule has 1 aromatic carbocycles. The molecule has 1 saturated heterocycles. The summed E-state index contributed by atoms with van der Waals surface area (Å²) in [6, 6.07) is 3.94. The molecular formula is C33H42N4O7. The molecule has 2 saturated carbocycles. The van der Waals surface area contributed by atoms with E-state index < -0.39 is 30.3 Å². The van der Waals surface area contributed by atoms with E-state index in [4.69, 9.17) is 19.2 Å². The van der Waals surface area contributed by atoms with Crippen LogP contribution < -0.4 is 15.6 Å². The Balaban J connectivity index is 1.38. The first-order valence-electron chi connectivity index (χ1n) is 16.0. The van der Waals surface area contributed by atoms with Crippen molar-refractivity contribution in [2.24, 2.45) is 11.8 Å². The van der Waals surface area contributed by atoms with Gasteiger partial charge in [-0.25, -0.2) is 9.59 Å². The maximum Gasteiger partial charge on any atom is 0.408 e. The molecule has 3 fully saturated rings. The minimum Gasteiger partial charge on any atom is -0.467 e. The molecule has 2 aromatic rings. The van der Waals surface area contributed by atoms with E-state index in [0.29, 0.717) is 10.9 Å². The molecule has 1 N–H and O–H groups in total. The van der Waals surface area contributed by atoms with Crippen LogP contribution in [0.2, 0.25) is 0 Å². The summed E-state index contributed by atoms with van der Waals surface area (Å²) in [5.74, 6) is -0.736. The Labute approximate surface area is 256 Å². The number of aromatic nitrogens is 2. The molecule has 6 rings (SSSR count). The second kappa shape index (κ2) is 13.0. The Hall–Kier alpha value is -3.89. The largest absolute Gasteiger partial charge is 0.467 e. The summed E-state index contributed by atoms with van der Waals surface area (Å²) < 4.78 is 18.9. The number of rotatable bonds is 2. The van der Waals surface area contributed by atoms with E-state index in [-0.39, 0.29) is 54.9 Å². The second-order valence-electron chi connectivity index (χ2n) is 12.7. The van der Waals surface area contributed by atoms with Gasteiger partial charge in [0.25, 0.3) is 11.6 Å². The van der Waals surface area contributed by atoms with Gasteiger partial charge in [0.2, 0.25) is 5.91 Å². The fourth-order valence-corrected chi connectivity index (χ4v) is 7.44. The van der Waals surface area contributed by atoms with Gasteiger partial charge in [-0.15, -0.1) is 0 Å². The normalized spacial score (nSPS) is 29.1. The van der Waals surface area contributed by atoms with Crippen LogP contribution in [0, 0.1) is 18.8 Å². The molecule has 2 aliphatic carbocycles. The molecule has 2 aliphatic heterocycles. The van der Waals surface area contributed by atoms with Gasteiger partial charge in [-0.2, -0.15) is 4.98 Å². The molecule has 1 aromatic heterocycles. The summed E-state index contributed by atoms with van der Waals surface area (Å²) in [5.41, 5.74) is 1.28. The Morgan fingerprint density at radius 2 is 1.80 bits per heavy atom. The van der Waals surface area contributed by atoms with Crippen LogP contribution in [-0.4, -0.2) is 70.4 Å². The molecule has 11 heteroatoms. The number of alkyl carbamates (subject to hydrolysis) is 1. The summed E-state index contributed by atoms with van der Waals surface area (Å²) in [6.07, 6.45) is 10.7. The number of nitrogens with zero attached hydrogens (tertiary/aromatic N) is 3. The number of allylic oxidation sites excluding steroid dienone is 2. The number of fused-ring (bicyclic) bond motifs is 5. The first kappa shape index (κ1) is 30.1. The fourth-order valence-electron chi connectivity index (χ4n) is 7.44. The van der Waals surface area contributed by atoms with Crippen LogP contribution in [0.3, 0.4) is 0 Å². The lowest BCUT2D eigenvalue weighted by Crippen LogP contribution is -2.55. The Morgan fingerprint density at radius 3 is 2.59 bits per heavy atom. The monoisotopic (exact) mass is 606 g/mol. The molecule has 2 bridgehead atoms. The van der Waals surface area contributed by atoms with Gasteiger partial charge in [-0.05, 0) is 81.4 Å². The predicted molar refractivity (Wildman–Crippen MR) is 162 cm³/mol. The molecular weight excluding hydrogens is 564 g/mol. The number of amides is 2. The molecule has 44 heavy (non-hydrogen) atoms. The average Bonchev–Trinajstić information content (AvgIpc) is 3.78. The third-order valence-electron chi connectivity index (χ3n) is 9.78. The zero-order valence-corrected chi connectivity index (χ0v) is 25.5. The highest BCUT2D eigenvalue weighted by Gasteiger charge is 2.46. The first-order valence-corrected chi connectivity index (χ1v) is 16.0. The maximum absolute atomic E-state index is 14.2. The van der Waals surface area contributed by atoms with Crippen LogP contribution in [0.4, 0.5) is 4.79 Å². The van der Waals surface area contributed by atoms with Crippen molar-refractivity contribution in [2.75, 3.05) is 13.7 Å². The van der Waals surface area contributed by atoms with Crippen LogP contribution in [0.15, 0.2) is 35.1 Å².